The molecule has 0 amide bonds. The summed E-state index contributed by atoms with van der Waals surface area (Å²) in [6.07, 6.45) is 20.4. The molecule has 1 nitrogen and oxygen atoms in total. The van der Waals surface area contributed by atoms with Crippen molar-refractivity contribution < 1.29 is 0 Å². The molecule has 3 aliphatic rings. The third-order valence-electron chi connectivity index (χ3n) is 6.95. The van der Waals surface area contributed by atoms with Crippen LogP contribution in [-0.2, 0) is 0 Å². The fourth-order valence-corrected chi connectivity index (χ4v) is 5.09. The molecule has 3 rings (SSSR count). The Hall–Kier alpha value is -0.560. The maximum Gasteiger partial charge on any atom is 0.00757 e. The highest BCUT2D eigenvalue weighted by Gasteiger charge is 2.43. The Bertz CT molecular complexity index is 429. The van der Waals surface area contributed by atoms with Gasteiger partial charge in [-0.3, -0.25) is 0 Å². The molecule has 2 fully saturated rings. The van der Waals surface area contributed by atoms with Crippen molar-refractivity contribution in [1.82, 2.24) is 5.32 Å². The third kappa shape index (κ3) is 3.07. The van der Waals surface area contributed by atoms with Gasteiger partial charge in [0.05, 0.1) is 0 Å². The molecule has 22 heavy (non-hydrogen) atoms. The molecule has 0 aromatic rings. The SMILES string of the molecule is CCCCCC1CCCC2C=C(C3CC(NC)C3)C=CC21C. The van der Waals surface area contributed by atoms with Crippen molar-refractivity contribution >= 4 is 0 Å². The summed E-state index contributed by atoms with van der Waals surface area (Å²) in [5.41, 5.74) is 2.10. The standard InChI is InChI=1S/C21H35N/c1-4-5-6-8-18-9-7-10-19-13-16(11-12-21(18,19)2)17-14-20(15-17)22-3/h11-13,17-20,22H,4-10,14-15H2,1-3H3. The number of nitrogens with one attached hydrogen (secondary N) is 1. The Labute approximate surface area is 137 Å². The first-order chi connectivity index (χ1) is 10.7. The minimum absolute atomic E-state index is 0.446. The lowest BCUT2D eigenvalue weighted by molar-refractivity contribution is 0.105. The van der Waals surface area contributed by atoms with E-state index in [9.17, 15) is 0 Å². The molecule has 124 valence electrons. The van der Waals surface area contributed by atoms with Crippen LogP contribution in [0.4, 0.5) is 0 Å². The van der Waals surface area contributed by atoms with Crippen LogP contribution in [0.1, 0.15) is 71.6 Å². The van der Waals surface area contributed by atoms with E-state index in [1.807, 2.05) is 0 Å². The fraction of sp³-hybridized carbons (Fsp3) is 0.810. The molecule has 1 N–H and O–H groups in total. The van der Waals surface area contributed by atoms with E-state index in [0.29, 0.717) is 5.41 Å². The van der Waals surface area contributed by atoms with Crippen LogP contribution in [0.2, 0.25) is 0 Å². The van der Waals surface area contributed by atoms with Gasteiger partial charge in [-0.05, 0) is 67.9 Å². The fourth-order valence-electron chi connectivity index (χ4n) is 5.09. The van der Waals surface area contributed by atoms with Gasteiger partial charge in [-0.15, -0.1) is 0 Å². The second-order valence-electron chi connectivity index (χ2n) is 8.25. The van der Waals surface area contributed by atoms with Gasteiger partial charge in [0.15, 0.2) is 0 Å². The van der Waals surface area contributed by atoms with Crippen LogP contribution < -0.4 is 5.32 Å². The number of allylic oxidation sites excluding steroid dienone is 4. The summed E-state index contributed by atoms with van der Waals surface area (Å²) in [6.45, 7) is 4.87. The molecule has 0 bridgehead atoms. The smallest absolute Gasteiger partial charge is 0.00757 e. The summed E-state index contributed by atoms with van der Waals surface area (Å²) < 4.78 is 0. The normalized spacial score (nSPS) is 40.8. The Kier molecular flexibility index (Phi) is 5.12. The van der Waals surface area contributed by atoms with Gasteiger partial charge in [0.1, 0.15) is 0 Å². The van der Waals surface area contributed by atoms with Gasteiger partial charge < -0.3 is 5.32 Å². The van der Waals surface area contributed by atoms with Crippen molar-refractivity contribution in [2.45, 2.75) is 77.7 Å². The molecular formula is C21H35N. The van der Waals surface area contributed by atoms with Crippen molar-refractivity contribution in [3.05, 3.63) is 23.8 Å². The highest BCUT2D eigenvalue weighted by atomic mass is 14.9. The Morgan fingerprint density at radius 2 is 2.05 bits per heavy atom. The Morgan fingerprint density at radius 1 is 1.23 bits per heavy atom. The highest BCUT2D eigenvalue weighted by molar-refractivity contribution is 5.33. The van der Waals surface area contributed by atoms with Gasteiger partial charge in [-0.2, -0.15) is 0 Å². The number of hydrogen-bond acceptors (Lipinski definition) is 1. The first kappa shape index (κ1) is 16.3. The van der Waals surface area contributed by atoms with E-state index in [1.54, 1.807) is 5.57 Å². The largest absolute Gasteiger partial charge is 0.317 e. The average Bonchev–Trinajstić information content (AvgIpc) is 2.47. The molecule has 0 aromatic heterocycles. The lowest BCUT2D eigenvalue weighted by Crippen LogP contribution is -2.42. The summed E-state index contributed by atoms with van der Waals surface area (Å²) in [6, 6.07) is 0.765. The molecular weight excluding hydrogens is 266 g/mol. The van der Waals surface area contributed by atoms with Crippen LogP contribution in [0.15, 0.2) is 23.8 Å². The second-order valence-corrected chi connectivity index (χ2v) is 8.25. The zero-order valence-electron chi connectivity index (χ0n) is 14.9. The maximum atomic E-state index is 3.42. The van der Waals surface area contributed by atoms with Crippen LogP contribution >= 0.6 is 0 Å². The van der Waals surface area contributed by atoms with Gasteiger partial charge in [0, 0.05) is 6.04 Å². The van der Waals surface area contributed by atoms with E-state index < -0.39 is 0 Å². The predicted octanol–water partition coefficient (Wildman–Crippen LogP) is 5.48. The second kappa shape index (κ2) is 6.91. The van der Waals surface area contributed by atoms with Gasteiger partial charge in [0.2, 0.25) is 0 Å². The van der Waals surface area contributed by atoms with Crippen molar-refractivity contribution in [3.63, 3.8) is 0 Å². The van der Waals surface area contributed by atoms with Gasteiger partial charge in [-0.25, -0.2) is 0 Å². The monoisotopic (exact) mass is 301 g/mol. The molecule has 2 saturated carbocycles. The van der Waals surface area contributed by atoms with Crippen LogP contribution in [-0.4, -0.2) is 13.1 Å². The van der Waals surface area contributed by atoms with Crippen molar-refractivity contribution in [2.75, 3.05) is 7.05 Å². The predicted molar refractivity (Wildman–Crippen MR) is 95.9 cm³/mol. The van der Waals surface area contributed by atoms with E-state index in [1.165, 1.54) is 57.8 Å². The maximum absolute atomic E-state index is 3.42. The van der Waals surface area contributed by atoms with Crippen LogP contribution in [0.5, 0.6) is 0 Å². The Morgan fingerprint density at radius 3 is 2.77 bits per heavy atom. The van der Waals surface area contributed by atoms with E-state index >= 15 is 0 Å². The van der Waals surface area contributed by atoms with Gasteiger partial charge in [0.25, 0.3) is 0 Å². The molecule has 0 aliphatic heterocycles. The van der Waals surface area contributed by atoms with E-state index in [4.69, 9.17) is 0 Å². The summed E-state index contributed by atoms with van der Waals surface area (Å²) >= 11 is 0. The lowest BCUT2D eigenvalue weighted by atomic mass is 9.57. The number of unbranched alkanes of at least 4 members (excludes halogenated alkanes) is 2. The van der Waals surface area contributed by atoms with Crippen LogP contribution in [0.3, 0.4) is 0 Å². The number of fused-ring (bicyclic) bond motifs is 1. The quantitative estimate of drug-likeness (QED) is 0.640. The topological polar surface area (TPSA) is 12.0 Å². The zero-order valence-corrected chi connectivity index (χ0v) is 14.9. The van der Waals surface area contributed by atoms with Gasteiger partial charge in [-0.1, -0.05) is 57.8 Å². The average molecular weight is 302 g/mol. The highest BCUT2D eigenvalue weighted by Crippen LogP contribution is 2.52. The minimum Gasteiger partial charge on any atom is -0.317 e. The molecule has 3 unspecified atom stereocenters. The number of rotatable bonds is 6. The molecule has 1 heteroatoms. The Balaban J connectivity index is 1.65. The minimum atomic E-state index is 0.446. The summed E-state index contributed by atoms with van der Waals surface area (Å²) in [5, 5.41) is 3.42. The summed E-state index contributed by atoms with van der Waals surface area (Å²) in [7, 11) is 2.10. The van der Waals surface area contributed by atoms with Crippen molar-refractivity contribution in [1.29, 1.82) is 0 Å². The van der Waals surface area contributed by atoms with Crippen molar-refractivity contribution in [2.24, 2.45) is 23.2 Å². The first-order valence-corrected chi connectivity index (χ1v) is 9.75. The van der Waals surface area contributed by atoms with Crippen molar-refractivity contribution in [3.8, 4) is 0 Å². The third-order valence-corrected chi connectivity index (χ3v) is 6.95. The summed E-state index contributed by atoms with van der Waals surface area (Å²) in [4.78, 5) is 0. The molecule has 3 atom stereocenters. The molecule has 0 spiro atoms. The molecule has 0 radical (unpaired) electrons. The van der Waals surface area contributed by atoms with Gasteiger partial charge >= 0.3 is 0 Å². The van der Waals surface area contributed by atoms with E-state index in [0.717, 1.165) is 23.8 Å². The molecule has 3 aliphatic carbocycles. The molecule has 0 saturated heterocycles. The molecule has 0 heterocycles. The van der Waals surface area contributed by atoms with Crippen LogP contribution in [0, 0.1) is 23.2 Å². The number of hydrogen-bond donors (Lipinski definition) is 1. The lowest BCUT2D eigenvalue weighted by Gasteiger charge is -2.48. The summed E-state index contributed by atoms with van der Waals surface area (Å²) in [5.74, 6) is 2.55. The van der Waals surface area contributed by atoms with Crippen LogP contribution in [0.25, 0.3) is 0 Å². The first-order valence-electron chi connectivity index (χ1n) is 9.75. The zero-order chi connectivity index (χ0) is 15.6. The van der Waals surface area contributed by atoms with E-state index in [-0.39, 0.29) is 0 Å². The van der Waals surface area contributed by atoms with E-state index in [2.05, 4.69) is 44.4 Å². The molecule has 0 aromatic carbocycles.